The van der Waals surface area contributed by atoms with Gasteiger partial charge in [0, 0.05) is 80.6 Å². The maximum absolute atomic E-state index is 13.9. The third-order valence-electron chi connectivity index (χ3n) is 7.99. The Hall–Kier alpha value is -3.61. The van der Waals surface area contributed by atoms with Gasteiger partial charge in [0.05, 0.1) is 30.7 Å². The molecule has 0 spiro atoms. The van der Waals surface area contributed by atoms with Crippen LogP contribution in [0.15, 0.2) is 47.5 Å². The molecule has 0 amide bonds. The Morgan fingerprint density at radius 2 is 1.74 bits per heavy atom. The molecule has 1 aromatic carbocycles. The molecule has 2 fully saturated rings. The summed E-state index contributed by atoms with van der Waals surface area (Å²) in [5.41, 5.74) is 2.80. The number of morpholine rings is 1. The van der Waals surface area contributed by atoms with Crippen LogP contribution in [0.5, 0.6) is 0 Å². The number of halogens is 3. The third kappa shape index (κ3) is 6.55. The average Bonchev–Trinajstić information content (AvgIpc) is 2.99. The number of anilines is 3. The highest BCUT2D eigenvalue weighted by Crippen LogP contribution is 2.35. The van der Waals surface area contributed by atoms with Crippen molar-refractivity contribution in [2.24, 2.45) is 7.05 Å². The van der Waals surface area contributed by atoms with Gasteiger partial charge < -0.3 is 34.4 Å². The van der Waals surface area contributed by atoms with Crippen molar-refractivity contribution in [3.8, 4) is 11.1 Å². The highest BCUT2D eigenvalue weighted by atomic mass is 19.4. The average molecular weight is 587 g/mol. The van der Waals surface area contributed by atoms with Crippen molar-refractivity contribution < 1.29 is 23.0 Å². The predicted molar refractivity (Wildman–Crippen MR) is 157 cm³/mol. The summed E-state index contributed by atoms with van der Waals surface area (Å²) in [4.78, 5) is 23.6. The summed E-state index contributed by atoms with van der Waals surface area (Å²) in [7, 11) is 1.69. The number of ether oxygens (including phenoxy) is 1. The van der Waals surface area contributed by atoms with E-state index in [1.54, 1.807) is 25.4 Å². The van der Waals surface area contributed by atoms with E-state index >= 15 is 0 Å². The molecular formula is C30H37F3N6O3. The molecular weight excluding hydrogens is 549 g/mol. The van der Waals surface area contributed by atoms with E-state index in [-0.39, 0.29) is 11.1 Å². The van der Waals surface area contributed by atoms with Crippen molar-refractivity contribution in [2.75, 3.05) is 74.1 Å². The summed E-state index contributed by atoms with van der Waals surface area (Å²) in [6, 6.07) is 7.35. The van der Waals surface area contributed by atoms with Crippen molar-refractivity contribution in [1.82, 2.24) is 14.5 Å². The number of aromatic nitrogens is 2. The number of aliphatic hydroxyl groups excluding tert-OH is 1. The van der Waals surface area contributed by atoms with Gasteiger partial charge in [-0.2, -0.15) is 13.2 Å². The number of alkyl halides is 3. The molecule has 5 rings (SSSR count). The second-order valence-electron chi connectivity index (χ2n) is 10.8. The number of pyridine rings is 2. The van der Waals surface area contributed by atoms with E-state index in [0.717, 1.165) is 42.9 Å². The maximum Gasteiger partial charge on any atom is 0.416 e. The fraction of sp³-hybridized carbons (Fsp3) is 0.467. The maximum atomic E-state index is 13.9. The number of hydrogen-bond acceptors (Lipinski definition) is 8. The molecule has 0 saturated carbocycles. The molecule has 0 radical (unpaired) electrons. The quantitative estimate of drug-likeness (QED) is 0.404. The summed E-state index contributed by atoms with van der Waals surface area (Å²) >= 11 is 0. The van der Waals surface area contributed by atoms with Crippen LogP contribution >= 0.6 is 0 Å². The van der Waals surface area contributed by atoms with Crippen LogP contribution in [0.2, 0.25) is 0 Å². The first-order chi connectivity index (χ1) is 20.0. The number of likely N-dealkylation sites (N-methyl/N-ethyl adjacent to an activating group) is 1. The second kappa shape index (κ2) is 12.3. The molecule has 2 aliphatic heterocycles. The van der Waals surface area contributed by atoms with Crippen LogP contribution in [-0.2, 0) is 18.0 Å². The van der Waals surface area contributed by atoms with Crippen molar-refractivity contribution in [2.45, 2.75) is 26.3 Å². The minimum absolute atomic E-state index is 0.108. The molecule has 1 unspecified atom stereocenters. The number of nitrogens with one attached hydrogen (secondary N) is 1. The zero-order chi connectivity index (χ0) is 30.0. The zero-order valence-electron chi connectivity index (χ0n) is 24.1. The summed E-state index contributed by atoms with van der Waals surface area (Å²) in [6.07, 6.45) is -2.71. The lowest BCUT2D eigenvalue weighted by molar-refractivity contribution is -0.137. The topological polar surface area (TPSA) is 86.1 Å². The fourth-order valence-corrected chi connectivity index (χ4v) is 5.48. The van der Waals surface area contributed by atoms with E-state index in [9.17, 15) is 23.1 Å². The first kappa shape index (κ1) is 29.9. The van der Waals surface area contributed by atoms with Gasteiger partial charge >= 0.3 is 6.18 Å². The Kier molecular flexibility index (Phi) is 8.76. The Balaban J connectivity index is 1.43. The van der Waals surface area contributed by atoms with Crippen molar-refractivity contribution >= 4 is 17.1 Å². The Labute approximate surface area is 243 Å². The van der Waals surface area contributed by atoms with Gasteiger partial charge in [-0.15, -0.1) is 0 Å². The van der Waals surface area contributed by atoms with Gasteiger partial charge in [0.25, 0.3) is 5.56 Å². The van der Waals surface area contributed by atoms with Crippen LogP contribution in [0.4, 0.5) is 30.2 Å². The Bertz CT molecular complexity index is 1460. The lowest BCUT2D eigenvalue weighted by Gasteiger charge is -2.36. The highest BCUT2D eigenvalue weighted by Gasteiger charge is 2.33. The standard InChI is InChI=1S/C30H37F3N6O3/c1-4-37-5-7-38(8-6-37)25-14-21(13-23(16-25)30(31,32)33)28(40)35-24-17-26(20(2)34-18-24)22-15-27(29(41)36(3)19-22)39-9-11-42-12-10-39/h13-19,28,35,40H,4-12H2,1-3H3. The smallest absolute Gasteiger partial charge is 0.378 e. The summed E-state index contributed by atoms with van der Waals surface area (Å²) in [5, 5.41) is 14.0. The fourth-order valence-electron chi connectivity index (χ4n) is 5.48. The monoisotopic (exact) mass is 586 g/mol. The van der Waals surface area contributed by atoms with E-state index in [4.69, 9.17) is 4.74 Å². The molecule has 2 saturated heterocycles. The molecule has 42 heavy (non-hydrogen) atoms. The molecule has 2 aromatic heterocycles. The van der Waals surface area contributed by atoms with Crippen LogP contribution in [0, 0.1) is 6.92 Å². The number of nitrogens with zero attached hydrogens (tertiary/aromatic N) is 5. The van der Waals surface area contributed by atoms with Crippen LogP contribution in [-0.4, -0.2) is 78.6 Å². The second-order valence-corrected chi connectivity index (χ2v) is 10.8. The minimum atomic E-state index is -4.56. The normalized spacial score (nSPS) is 17.4. The first-order valence-corrected chi connectivity index (χ1v) is 14.2. The van der Waals surface area contributed by atoms with Gasteiger partial charge in [-0.3, -0.25) is 9.78 Å². The molecule has 1 atom stereocenters. The van der Waals surface area contributed by atoms with Crippen LogP contribution in [0.25, 0.3) is 11.1 Å². The van der Waals surface area contributed by atoms with Crippen molar-refractivity contribution in [3.63, 3.8) is 0 Å². The number of aryl methyl sites for hydroxylation is 2. The summed E-state index contributed by atoms with van der Waals surface area (Å²) in [6.45, 7) is 9.83. The van der Waals surface area contributed by atoms with Gasteiger partial charge in [-0.1, -0.05) is 6.92 Å². The number of aliphatic hydroxyl groups is 1. The van der Waals surface area contributed by atoms with Gasteiger partial charge in [-0.25, -0.2) is 0 Å². The molecule has 0 bridgehead atoms. The molecule has 9 nitrogen and oxygen atoms in total. The minimum Gasteiger partial charge on any atom is -0.378 e. The van der Waals surface area contributed by atoms with Gasteiger partial charge in [0.2, 0.25) is 0 Å². The third-order valence-corrected chi connectivity index (χ3v) is 7.99. The zero-order valence-corrected chi connectivity index (χ0v) is 24.1. The predicted octanol–water partition coefficient (Wildman–Crippen LogP) is 3.86. The molecule has 12 heteroatoms. The van der Waals surface area contributed by atoms with Crippen LogP contribution in [0.1, 0.15) is 30.0 Å². The van der Waals surface area contributed by atoms with E-state index < -0.39 is 18.0 Å². The Morgan fingerprint density at radius 1 is 1.02 bits per heavy atom. The number of benzene rings is 1. The number of piperazine rings is 1. The number of hydrogen-bond donors (Lipinski definition) is 2. The van der Waals surface area contributed by atoms with Crippen LogP contribution < -0.4 is 20.7 Å². The van der Waals surface area contributed by atoms with Crippen molar-refractivity contribution in [1.29, 1.82) is 0 Å². The molecule has 226 valence electrons. The summed E-state index contributed by atoms with van der Waals surface area (Å²) < 4.78 is 48.5. The SMILES string of the molecule is CCN1CCN(c2cc(C(O)Nc3cnc(C)c(-c4cc(N5CCOCC5)c(=O)n(C)c4)c3)cc(C(F)(F)F)c2)CC1. The molecule has 4 heterocycles. The van der Waals surface area contributed by atoms with E-state index in [1.165, 1.54) is 10.8 Å². The number of rotatable bonds is 7. The van der Waals surface area contributed by atoms with E-state index in [0.29, 0.717) is 62.1 Å². The Morgan fingerprint density at radius 3 is 2.40 bits per heavy atom. The van der Waals surface area contributed by atoms with Gasteiger partial charge in [0.1, 0.15) is 5.69 Å². The lowest BCUT2D eigenvalue weighted by atomic mass is 10.0. The van der Waals surface area contributed by atoms with E-state index in [2.05, 4.69) is 22.1 Å². The molecule has 3 aromatic rings. The first-order valence-electron chi connectivity index (χ1n) is 14.2. The highest BCUT2D eigenvalue weighted by molar-refractivity contribution is 5.72. The largest absolute Gasteiger partial charge is 0.416 e. The summed E-state index contributed by atoms with van der Waals surface area (Å²) in [5.74, 6) is 0. The van der Waals surface area contributed by atoms with Gasteiger partial charge in [0.15, 0.2) is 6.23 Å². The van der Waals surface area contributed by atoms with Crippen LogP contribution in [0.3, 0.4) is 0 Å². The van der Waals surface area contributed by atoms with E-state index in [1.807, 2.05) is 22.8 Å². The lowest BCUT2D eigenvalue weighted by Crippen LogP contribution is -2.46. The molecule has 2 aliphatic rings. The van der Waals surface area contributed by atoms with Crippen molar-refractivity contribution in [3.05, 3.63) is 69.9 Å². The molecule has 2 N–H and O–H groups in total. The van der Waals surface area contributed by atoms with Gasteiger partial charge in [-0.05, 0) is 43.8 Å². The molecule has 0 aliphatic carbocycles.